The number of hydrogen-bond donors (Lipinski definition) is 0. The summed E-state index contributed by atoms with van der Waals surface area (Å²) in [5, 5.41) is 3.17. The van der Waals surface area contributed by atoms with Gasteiger partial charge in [0.1, 0.15) is 0 Å². The fraction of sp³-hybridized carbons (Fsp3) is 0.526. The van der Waals surface area contributed by atoms with Crippen molar-refractivity contribution in [2.75, 3.05) is 19.6 Å². The van der Waals surface area contributed by atoms with E-state index in [0.717, 1.165) is 29.3 Å². The Morgan fingerprint density at radius 1 is 1.09 bits per heavy atom. The highest BCUT2D eigenvalue weighted by Gasteiger charge is 2.29. The summed E-state index contributed by atoms with van der Waals surface area (Å²) in [6, 6.07) is 8.24. The predicted molar refractivity (Wildman–Crippen MR) is 99.9 cm³/mol. The topological polar surface area (TPSA) is 20.3 Å². The number of fused-ring (bicyclic) bond motifs is 5. The normalized spacial score (nSPS) is 24.3. The summed E-state index contributed by atoms with van der Waals surface area (Å²) in [6.45, 7) is 3.37. The van der Waals surface area contributed by atoms with Crippen molar-refractivity contribution in [3.05, 3.63) is 35.2 Å². The Labute approximate surface area is 148 Å². The average Bonchev–Trinajstić information content (AvgIpc) is 2.76. The van der Waals surface area contributed by atoms with Gasteiger partial charge in [0.05, 0.1) is 0 Å². The number of nitrogens with zero attached hydrogens (tertiary/aromatic N) is 1. The molecule has 0 spiro atoms. The summed E-state index contributed by atoms with van der Waals surface area (Å²) in [5.41, 5.74) is 0.929. The number of thiophene rings is 1. The molecule has 0 unspecified atom stereocenters. The Morgan fingerprint density at radius 2 is 1.74 bits per heavy atom. The lowest BCUT2D eigenvalue weighted by Gasteiger charge is -2.21. The molecule has 0 N–H and O–H groups in total. The maximum Gasteiger partial charge on any atom is 0.165 e. The Kier molecular flexibility index (Phi) is 5.40. The van der Waals surface area contributed by atoms with E-state index in [1.165, 1.54) is 43.5 Å². The van der Waals surface area contributed by atoms with Crippen molar-refractivity contribution in [2.45, 2.75) is 32.1 Å². The molecule has 1 saturated carbocycles. The van der Waals surface area contributed by atoms with Gasteiger partial charge in [-0.15, -0.1) is 23.7 Å². The highest BCUT2D eigenvalue weighted by atomic mass is 35.5. The van der Waals surface area contributed by atoms with Crippen molar-refractivity contribution in [1.29, 1.82) is 0 Å². The van der Waals surface area contributed by atoms with Gasteiger partial charge in [-0.3, -0.25) is 4.79 Å². The zero-order valence-corrected chi connectivity index (χ0v) is 15.0. The van der Waals surface area contributed by atoms with Crippen molar-refractivity contribution >= 4 is 39.6 Å². The Hall–Kier alpha value is -0.900. The lowest BCUT2D eigenvalue weighted by atomic mass is 9.84. The van der Waals surface area contributed by atoms with Gasteiger partial charge in [-0.05, 0) is 43.6 Å². The third-order valence-corrected chi connectivity index (χ3v) is 6.40. The molecule has 3 heterocycles. The molecule has 3 aliphatic rings. The highest BCUT2D eigenvalue weighted by molar-refractivity contribution is 7.17. The predicted octanol–water partition coefficient (Wildman–Crippen LogP) is 5.02. The first kappa shape index (κ1) is 16.9. The summed E-state index contributed by atoms with van der Waals surface area (Å²) in [4.78, 5) is 15.2. The number of Topliss-reactive ketones (excluding diaryl/α,β-unsaturated/α-hetero) is 1. The van der Waals surface area contributed by atoms with Crippen LogP contribution in [0.4, 0.5) is 0 Å². The number of ketones is 1. The van der Waals surface area contributed by atoms with Crippen molar-refractivity contribution in [2.24, 2.45) is 11.8 Å². The molecule has 1 aromatic heterocycles. The first-order valence-corrected chi connectivity index (χ1v) is 9.39. The van der Waals surface area contributed by atoms with E-state index in [1.54, 1.807) is 11.3 Å². The first-order chi connectivity index (χ1) is 10.8. The maximum atomic E-state index is 12.6. The molecular weight excluding hydrogens is 326 g/mol. The van der Waals surface area contributed by atoms with Crippen LogP contribution in [0, 0.1) is 11.8 Å². The summed E-state index contributed by atoms with van der Waals surface area (Å²) in [5.74, 6) is 2.08. The quantitative estimate of drug-likeness (QED) is 0.722. The van der Waals surface area contributed by atoms with Gasteiger partial charge >= 0.3 is 0 Å². The molecule has 4 heteroatoms. The lowest BCUT2D eigenvalue weighted by Crippen LogP contribution is -2.30. The van der Waals surface area contributed by atoms with E-state index in [-0.39, 0.29) is 12.4 Å². The molecule has 0 amide bonds. The summed E-state index contributed by atoms with van der Waals surface area (Å²) in [6.07, 6.45) is 6.29. The second kappa shape index (κ2) is 7.33. The molecular formula is C19H24ClNOS. The zero-order chi connectivity index (χ0) is 14.9. The van der Waals surface area contributed by atoms with E-state index in [1.807, 2.05) is 17.5 Å². The van der Waals surface area contributed by atoms with Gasteiger partial charge in [0.15, 0.2) is 5.78 Å². The first-order valence-electron chi connectivity index (χ1n) is 8.51. The molecule has 23 heavy (non-hydrogen) atoms. The third-order valence-electron chi connectivity index (χ3n) is 5.44. The van der Waals surface area contributed by atoms with Crippen molar-refractivity contribution in [3.63, 3.8) is 0 Å². The largest absolute Gasteiger partial charge is 0.302 e. The van der Waals surface area contributed by atoms with E-state index in [0.29, 0.717) is 12.2 Å². The summed E-state index contributed by atoms with van der Waals surface area (Å²) in [7, 11) is 0. The van der Waals surface area contributed by atoms with Crippen LogP contribution < -0.4 is 0 Å². The van der Waals surface area contributed by atoms with Crippen LogP contribution in [0.3, 0.4) is 0 Å². The van der Waals surface area contributed by atoms with Crippen LogP contribution in [-0.4, -0.2) is 30.3 Å². The Bertz CT molecular complexity index is 661. The SMILES string of the molecule is Cl.O=C(CCN1CC2CCC(CC2)C1)c1csc2ccccc12. The van der Waals surface area contributed by atoms with Crippen LogP contribution in [0.15, 0.2) is 29.6 Å². The second-order valence-electron chi connectivity index (χ2n) is 6.97. The fourth-order valence-electron chi connectivity index (χ4n) is 4.17. The third kappa shape index (κ3) is 3.62. The van der Waals surface area contributed by atoms with Gasteiger partial charge in [0, 0.05) is 47.1 Å². The number of carbonyl (C=O) groups is 1. The molecule has 3 fully saturated rings. The molecule has 0 atom stereocenters. The van der Waals surface area contributed by atoms with Crippen molar-refractivity contribution < 1.29 is 4.79 Å². The Balaban J connectivity index is 0.00000156. The van der Waals surface area contributed by atoms with Gasteiger partial charge in [0.2, 0.25) is 0 Å². The standard InChI is InChI=1S/C19H23NOS.ClH/c21-18(17-13-22-19-4-2-1-3-16(17)19)9-10-20-11-14-5-6-15(12-20)8-7-14;/h1-4,13-15H,5-12H2;1H. The zero-order valence-electron chi connectivity index (χ0n) is 13.4. The molecule has 0 radical (unpaired) electrons. The molecule has 2 aliphatic heterocycles. The van der Waals surface area contributed by atoms with Crippen LogP contribution in [0.2, 0.25) is 0 Å². The summed E-state index contributed by atoms with van der Waals surface area (Å²) >= 11 is 1.68. The van der Waals surface area contributed by atoms with Crippen LogP contribution >= 0.6 is 23.7 Å². The van der Waals surface area contributed by atoms with Gasteiger partial charge in [-0.1, -0.05) is 18.2 Å². The van der Waals surface area contributed by atoms with Crippen LogP contribution in [0.1, 0.15) is 42.5 Å². The average molecular weight is 350 g/mol. The van der Waals surface area contributed by atoms with E-state index in [9.17, 15) is 4.79 Å². The molecule has 1 aliphatic carbocycles. The van der Waals surface area contributed by atoms with Crippen LogP contribution in [-0.2, 0) is 0 Å². The van der Waals surface area contributed by atoms with Crippen LogP contribution in [0.5, 0.6) is 0 Å². The highest BCUT2D eigenvalue weighted by Crippen LogP contribution is 2.34. The van der Waals surface area contributed by atoms with Crippen molar-refractivity contribution in [1.82, 2.24) is 4.90 Å². The van der Waals surface area contributed by atoms with Gasteiger partial charge in [-0.25, -0.2) is 0 Å². The summed E-state index contributed by atoms with van der Waals surface area (Å²) < 4.78 is 1.22. The minimum Gasteiger partial charge on any atom is -0.302 e. The van der Waals surface area contributed by atoms with Gasteiger partial charge in [0.25, 0.3) is 0 Å². The maximum absolute atomic E-state index is 12.6. The van der Waals surface area contributed by atoms with Gasteiger partial charge < -0.3 is 4.90 Å². The lowest BCUT2D eigenvalue weighted by molar-refractivity contribution is 0.0963. The molecule has 2 aromatic rings. The molecule has 2 nitrogen and oxygen atoms in total. The smallest absolute Gasteiger partial charge is 0.165 e. The fourth-order valence-corrected chi connectivity index (χ4v) is 5.14. The monoisotopic (exact) mass is 349 g/mol. The van der Waals surface area contributed by atoms with E-state index >= 15 is 0 Å². The number of benzene rings is 1. The number of halogens is 1. The molecule has 5 rings (SSSR count). The Morgan fingerprint density at radius 3 is 2.43 bits per heavy atom. The number of rotatable bonds is 4. The van der Waals surface area contributed by atoms with E-state index in [2.05, 4.69) is 17.0 Å². The van der Waals surface area contributed by atoms with Crippen LogP contribution in [0.25, 0.3) is 10.1 Å². The minimum atomic E-state index is 0. The molecule has 2 bridgehead atoms. The number of hydrogen-bond acceptors (Lipinski definition) is 3. The minimum absolute atomic E-state index is 0. The van der Waals surface area contributed by atoms with Crippen molar-refractivity contribution in [3.8, 4) is 0 Å². The molecule has 124 valence electrons. The van der Waals surface area contributed by atoms with E-state index < -0.39 is 0 Å². The van der Waals surface area contributed by atoms with E-state index in [4.69, 9.17) is 0 Å². The second-order valence-corrected chi connectivity index (χ2v) is 7.88. The molecule has 2 saturated heterocycles. The van der Waals surface area contributed by atoms with Gasteiger partial charge in [-0.2, -0.15) is 0 Å². The molecule has 1 aromatic carbocycles. The number of carbonyl (C=O) groups excluding carboxylic acids is 1.